The van der Waals surface area contributed by atoms with E-state index in [1.165, 1.54) is 18.1 Å². The highest BCUT2D eigenvalue weighted by Crippen LogP contribution is 2.19. The smallest absolute Gasteiger partial charge is 0.293 e. The van der Waals surface area contributed by atoms with Crippen LogP contribution < -0.4 is 16.2 Å². The molecule has 0 aliphatic rings. The fourth-order valence-corrected chi connectivity index (χ4v) is 2.58. The van der Waals surface area contributed by atoms with Crippen LogP contribution in [0.5, 0.6) is 0 Å². The van der Waals surface area contributed by atoms with Gasteiger partial charge in [0.25, 0.3) is 5.91 Å². The van der Waals surface area contributed by atoms with Gasteiger partial charge in [0.1, 0.15) is 6.04 Å². The largest absolute Gasteiger partial charge is 0.332 e. The molecule has 23 heavy (non-hydrogen) atoms. The summed E-state index contributed by atoms with van der Waals surface area (Å²) in [5.41, 5.74) is 7.26. The summed E-state index contributed by atoms with van der Waals surface area (Å²) in [6, 6.07) is 8.88. The van der Waals surface area contributed by atoms with Gasteiger partial charge in [-0.05, 0) is 17.9 Å². The molecule has 0 bridgehead atoms. The predicted molar refractivity (Wildman–Crippen MR) is 91.3 cm³/mol. The van der Waals surface area contributed by atoms with Crippen LogP contribution in [0.25, 0.3) is 0 Å². The number of quaternary nitrogens is 1. The molecular weight excluding hydrogens is 290 g/mol. The van der Waals surface area contributed by atoms with Crippen molar-refractivity contribution in [2.45, 2.75) is 47.1 Å². The van der Waals surface area contributed by atoms with Crippen LogP contribution in [0.3, 0.4) is 0 Å². The highest BCUT2D eigenvalue weighted by atomic mass is 16.2. The Morgan fingerprint density at radius 2 is 1.65 bits per heavy atom. The third-order valence-corrected chi connectivity index (χ3v) is 3.66. The standard InChI is InChI=1S/C18H29N3O2/c1-12(2)10-15-6-8-16(9-7-15)18(13(3)4)19-11-17(23)21-20-14(5)22/h6-9,12-13,18-19H,10-11H2,1-5H3,(H,20,22)(H,21,23)/p+1/t18-/m1/s1. The summed E-state index contributed by atoms with van der Waals surface area (Å²) >= 11 is 0. The number of hydrazine groups is 1. The SMILES string of the molecule is CC(=O)NNC(=O)C[NH2+][C@@H](c1ccc(CC(C)C)cc1)C(C)C. The van der Waals surface area contributed by atoms with Crippen LogP contribution in [0.15, 0.2) is 24.3 Å². The molecule has 1 atom stereocenters. The summed E-state index contributed by atoms with van der Waals surface area (Å²) in [5, 5.41) is 2.01. The Labute approximate surface area is 139 Å². The number of hydrogen-bond donors (Lipinski definition) is 3. The number of benzene rings is 1. The minimum Gasteiger partial charge on any atom is -0.332 e. The maximum atomic E-state index is 11.7. The molecule has 0 aliphatic heterocycles. The van der Waals surface area contributed by atoms with E-state index in [0.29, 0.717) is 11.8 Å². The van der Waals surface area contributed by atoms with Gasteiger partial charge in [0.2, 0.25) is 5.91 Å². The van der Waals surface area contributed by atoms with Crippen LogP contribution in [0.1, 0.15) is 51.8 Å². The van der Waals surface area contributed by atoms with E-state index in [9.17, 15) is 9.59 Å². The van der Waals surface area contributed by atoms with Crippen molar-refractivity contribution < 1.29 is 14.9 Å². The molecule has 0 saturated carbocycles. The molecule has 0 heterocycles. The van der Waals surface area contributed by atoms with Crippen LogP contribution in [0.2, 0.25) is 0 Å². The lowest BCUT2D eigenvalue weighted by Gasteiger charge is -2.20. The average Bonchev–Trinajstić information content (AvgIpc) is 2.46. The Balaban J connectivity index is 2.64. The number of amides is 2. The third-order valence-electron chi connectivity index (χ3n) is 3.66. The van der Waals surface area contributed by atoms with Crippen LogP contribution >= 0.6 is 0 Å². The zero-order chi connectivity index (χ0) is 17.4. The molecule has 4 N–H and O–H groups in total. The molecule has 0 fully saturated rings. The van der Waals surface area contributed by atoms with Gasteiger partial charge in [-0.3, -0.25) is 20.4 Å². The predicted octanol–water partition coefficient (Wildman–Crippen LogP) is 1.31. The summed E-state index contributed by atoms with van der Waals surface area (Å²) in [4.78, 5) is 22.5. The second-order valence-electron chi connectivity index (χ2n) is 6.78. The zero-order valence-electron chi connectivity index (χ0n) is 14.8. The minimum absolute atomic E-state index is 0.206. The van der Waals surface area contributed by atoms with Crippen molar-refractivity contribution in [3.8, 4) is 0 Å². The van der Waals surface area contributed by atoms with Gasteiger partial charge in [-0.25, -0.2) is 0 Å². The van der Waals surface area contributed by atoms with Gasteiger partial charge in [0.15, 0.2) is 6.54 Å². The minimum atomic E-state index is -0.278. The lowest BCUT2D eigenvalue weighted by atomic mass is 9.94. The van der Waals surface area contributed by atoms with Gasteiger partial charge in [-0.2, -0.15) is 0 Å². The monoisotopic (exact) mass is 320 g/mol. The Morgan fingerprint density at radius 3 is 2.13 bits per heavy atom. The first-order valence-electron chi connectivity index (χ1n) is 8.27. The Morgan fingerprint density at radius 1 is 1.04 bits per heavy atom. The molecular formula is C18H30N3O2+. The molecule has 0 aromatic heterocycles. The van der Waals surface area contributed by atoms with Crippen molar-refractivity contribution in [2.75, 3.05) is 6.54 Å². The first kappa shape index (κ1) is 19.2. The number of hydrogen-bond acceptors (Lipinski definition) is 2. The number of carbonyl (C=O) groups excluding carboxylic acids is 2. The summed E-state index contributed by atoms with van der Waals surface area (Å²) < 4.78 is 0. The van der Waals surface area contributed by atoms with Crippen molar-refractivity contribution in [2.24, 2.45) is 11.8 Å². The van der Waals surface area contributed by atoms with Crippen LogP contribution in [-0.4, -0.2) is 18.4 Å². The molecule has 1 rings (SSSR count). The van der Waals surface area contributed by atoms with Crippen LogP contribution in [0.4, 0.5) is 0 Å². The number of carbonyl (C=O) groups is 2. The summed E-state index contributed by atoms with van der Waals surface area (Å²) in [5.74, 6) is 0.562. The van der Waals surface area contributed by atoms with E-state index in [-0.39, 0.29) is 24.4 Å². The first-order valence-corrected chi connectivity index (χ1v) is 8.27. The summed E-state index contributed by atoms with van der Waals surface area (Å²) in [7, 11) is 0. The van der Waals surface area contributed by atoms with Crippen molar-refractivity contribution >= 4 is 11.8 Å². The van der Waals surface area contributed by atoms with Crippen LogP contribution in [0, 0.1) is 11.8 Å². The maximum absolute atomic E-state index is 11.7. The lowest BCUT2D eigenvalue weighted by Crippen LogP contribution is -2.88. The molecule has 128 valence electrons. The fraction of sp³-hybridized carbons (Fsp3) is 0.556. The quantitative estimate of drug-likeness (QED) is 0.663. The maximum Gasteiger partial charge on any atom is 0.293 e. The number of rotatable bonds is 7. The fourth-order valence-electron chi connectivity index (χ4n) is 2.58. The van der Waals surface area contributed by atoms with Gasteiger partial charge in [-0.15, -0.1) is 0 Å². The second-order valence-corrected chi connectivity index (χ2v) is 6.78. The topological polar surface area (TPSA) is 74.8 Å². The summed E-state index contributed by atoms with van der Waals surface area (Å²) in [6.45, 7) is 10.4. The van der Waals surface area contributed by atoms with Crippen molar-refractivity contribution in [1.29, 1.82) is 0 Å². The van der Waals surface area contributed by atoms with Gasteiger partial charge in [-0.1, -0.05) is 52.0 Å². The van der Waals surface area contributed by atoms with Gasteiger partial charge in [0, 0.05) is 18.4 Å². The van der Waals surface area contributed by atoms with Gasteiger partial charge >= 0.3 is 0 Å². The molecule has 0 aliphatic carbocycles. The van der Waals surface area contributed by atoms with E-state index in [4.69, 9.17) is 0 Å². The zero-order valence-corrected chi connectivity index (χ0v) is 14.8. The number of nitrogens with one attached hydrogen (secondary N) is 2. The van der Waals surface area contributed by atoms with Crippen molar-refractivity contribution in [1.82, 2.24) is 10.9 Å². The molecule has 1 aromatic carbocycles. The Hall–Kier alpha value is -1.88. The van der Waals surface area contributed by atoms with Gasteiger partial charge in [0.05, 0.1) is 0 Å². The molecule has 5 nitrogen and oxygen atoms in total. The number of nitrogens with two attached hydrogens (primary N) is 1. The Kier molecular flexibility index (Phi) is 7.75. The highest BCUT2D eigenvalue weighted by Gasteiger charge is 2.20. The molecule has 0 saturated heterocycles. The molecule has 1 aromatic rings. The van der Waals surface area contributed by atoms with Gasteiger partial charge < -0.3 is 5.32 Å². The van der Waals surface area contributed by atoms with Crippen molar-refractivity contribution in [3.63, 3.8) is 0 Å². The van der Waals surface area contributed by atoms with Crippen molar-refractivity contribution in [3.05, 3.63) is 35.4 Å². The van der Waals surface area contributed by atoms with E-state index in [0.717, 1.165) is 6.42 Å². The summed E-state index contributed by atoms with van der Waals surface area (Å²) in [6.07, 6.45) is 1.08. The molecule has 0 spiro atoms. The molecule has 0 unspecified atom stereocenters. The second kappa shape index (κ2) is 9.30. The molecule has 2 amide bonds. The Bertz CT molecular complexity index is 510. The normalized spacial score (nSPS) is 12.3. The molecule has 5 heteroatoms. The van der Waals surface area contributed by atoms with E-state index < -0.39 is 0 Å². The van der Waals surface area contributed by atoms with E-state index in [1.807, 2.05) is 5.32 Å². The average molecular weight is 320 g/mol. The molecule has 0 radical (unpaired) electrons. The van der Waals surface area contributed by atoms with E-state index in [1.54, 1.807) is 0 Å². The highest BCUT2D eigenvalue weighted by molar-refractivity contribution is 5.81. The lowest BCUT2D eigenvalue weighted by molar-refractivity contribution is -0.692. The van der Waals surface area contributed by atoms with E-state index in [2.05, 4.69) is 62.8 Å². The van der Waals surface area contributed by atoms with Crippen LogP contribution in [-0.2, 0) is 16.0 Å². The first-order chi connectivity index (χ1) is 10.8. The van der Waals surface area contributed by atoms with E-state index >= 15 is 0 Å². The third kappa shape index (κ3) is 7.28.